The summed E-state index contributed by atoms with van der Waals surface area (Å²) >= 11 is 6.40. The first kappa shape index (κ1) is 21.4. The van der Waals surface area contributed by atoms with Gasteiger partial charge in [-0.3, -0.25) is 9.69 Å². The molecule has 0 radical (unpaired) electrons. The molecule has 31 heavy (non-hydrogen) atoms. The number of hydrogen-bond donors (Lipinski definition) is 1. The summed E-state index contributed by atoms with van der Waals surface area (Å²) in [7, 11) is 1.56. The molecule has 0 unspecified atom stereocenters. The Morgan fingerprint density at radius 2 is 1.94 bits per heavy atom. The molecule has 0 saturated carbocycles. The number of H-pyrrole nitrogens is 1. The fourth-order valence-corrected chi connectivity index (χ4v) is 3.92. The van der Waals surface area contributed by atoms with Gasteiger partial charge in [-0.1, -0.05) is 35.9 Å². The van der Waals surface area contributed by atoms with Gasteiger partial charge < -0.3 is 9.72 Å². The van der Waals surface area contributed by atoms with Gasteiger partial charge in [0.25, 0.3) is 5.56 Å². The van der Waals surface area contributed by atoms with Crippen LogP contribution in [0, 0.1) is 0 Å². The number of aromatic amines is 1. The topological polar surface area (TPSA) is 58.2 Å². The average molecular weight is 450 g/mol. The van der Waals surface area contributed by atoms with Crippen molar-refractivity contribution in [2.24, 2.45) is 0 Å². The number of methoxy groups -OCH3 is 1. The second-order valence-electron chi connectivity index (χ2n) is 7.31. The van der Waals surface area contributed by atoms with E-state index in [1.54, 1.807) is 13.2 Å². The Balaban J connectivity index is 1.59. The standard InChI is InChI=1S/C22H19ClF3N3O2/c1-31-18-4-2-3-14(19(18)23)11-29-10-9-16-17(12-29)27-20(28-21(16)30)13-5-7-15(8-6-13)22(24,25)26/h2-8H,9-12H2,1H3,(H,27,28,30). The van der Waals surface area contributed by atoms with E-state index < -0.39 is 11.7 Å². The number of nitrogens with zero attached hydrogens (tertiary/aromatic N) is 2. The summed E-state index contributed by atoms with van der Waals surface area (Å²) in [6, 6.07) is 10.1. The monoisotopic (exact) mass is 449 g/mol. The smallest absolute Gasteiger partial charge is 0.416 e. The molecule has 3 aromatic rings. The van der Waals surface area contributed by atoms with Crippen molar-refractivity contribution in [2.45, 2.75) is 25.7 Å². The zero-order chi connectivity index (χ0) is 22.2. The molecular formula is C22H19ClF3N3O2. The summed E-state index contributed by atoms with van der Waals surface area (Å²) in [6.07, 6.45) is -3.90. The second-order valence-corrected chi connectivity index (χ2v) is 7.69. The summed E-state index contributed by atoms with van der Waals surface area (Å²) < 4.78 is 43.7. The van der Waals surface area contributed by atoms with Gasteiger partial charge in [0, 0.05) is 30.8 Å². The number of fused-ring (bicyclic) bond motifs is 1. The number of nitrogens with one attached hydrogen (secondary N) is 1. The van der Waals surface area contributed by atoms with Gasteiger partial charge in [0.15, 0.2) is 0 Å². The van der Waals surface area contributed by atoms with Crippen molar-refractivity contribution < 1.29 is 17.9 Å². The van der Waals surface area contributed by atoms with Gasteiger partial charge in [-0.05, 0) is 30.2 Å². The van der Waals surface area contributed by atoms with E-state index in [0.717, 1.165) is 17.7 Å². The molecule has 0 bridgehead atoms. The van der Waals surface area contributed by atoms with Crippen molar-refractivity contribution in [1.82, 2.24) is 14.9 Å². The third kappa shape index (κ3) is 4.45. The quantitative estimate of drug-likeness (QED) is 0.628. The lowest BCUT2D eigenvalue weighted by molar-refractivity contribution is -0.137. The van der Waals surface area contributed by atoms with Crippen molar-refractivity contribution in [3.05, 3.63) is 80.2 Å². The van der Waals surface area contributed by atoms with Crippen LogP contribution in [-0.2, 0) is 25.7 Å². The number of benzene rings is 2. The SMILES string of the molecule is COc1cccc(CN2CCc3c(nc(-c4ccc(C(F)(F)F)cc4)[nH]c3=O)C2)c1Cl. The molecule has 162 valence electrons. The van der Waals surface area contributed by atoms with Crippen LogP contribution < -0.4 is 10.3 Å². The molecule has 5 nitrogen and oxygen atoms in total. The number of rotatable bonds is 4. The first-order valence-corrected chi connectivity index (χ1v) is 9.97. The van der Waals surface area contributed by atoms with Crippen LogP contribution in [0.25, 0.3) is 11.4 Å². The molecule has 0 saturated heterocycles. The second kappa shape index (κ2) is 8.36. The molecule has 2 heterocycles. The van der Waals surface area contributed by atoms with Gasteiger partial charge in [0.1, 0.15) is 11.6 Å². The van der Waals surface area contributed by atoms with Gasteiger partial charge in [0.05, 0.1) is 23.4 Å². The van der Waals surface area contributed by atoms with E-state index in [4.69, 9.17) is 16.3 Å². The Morgan fingerprint density at radius 1 is 1.19 bits per heavy atom. The largest absolute Gasteiger partial charge is 0.495 e. The Bertz CT molecular complexity index is 1160. The molecular weight excluding hydrogens is 431 g/mol. The highest BCUT2D eigenvalue weighted by molar-refractivity contribution is 6.32. The van der Waals surface area contributed by atoms with E-state index in [-0.39, 0.29) is 11.4 Å². The maximum Gasteiger partial charge on any atom is 0.416 e. The highest BCUT2D eigenvalue weighted by atomic mass is 35.5. The predicted molar refractivity (Wildman–Crippen MR) is 111 cm³/mol. The molecule has 0 amide bonds. The van der Waals surface area contributed by atoms with Gasteiger partial charge >= 0.3 is 6.18 Å². The maximum atomic E-state index is 12.8. The molecule has 2 aromatic carbocycles. The Hall–Kier alpha value is -2.84. The number of hydrogen-bond acceptors (Lipinski definition) is 4. The average Bonchev–Trinajstić information content (AvgIpc) is 2.74. The Kier molecular flexibility index (Phi) is 5.77. The van der Waals surface area contributed by atoms with Crippen LogP contribution in [0.4, 0.5) is 13.2 Å². The molecule has 0 atom stereocenters. The number of alkyl halides is 3. The van der Waals surface area contributed by atoms with Crippen LogP contribution in [0.2, 0.25) is 5.02 Å². The van der Waals surface area contributed by atoms with Crippen LogP contribution in [0.15, 0.2) is 47.3 Å². The van der Waals surface area contributed by atoms with E-state index in [0.29, 0.717) is 53.6 Å². The minimum atomic E-state index is -4.42. The van der Waals surface area contributed by atoms with Crippen LogP contribution in [0.5, 0.6) is 5.75 Å². The molecule has 9 heteroatoms. The van der Waals surface area contributed by atoms with E-state index in [1.165, 1.54) is 12.1 Å². The van der Waals surface area contributed by atoms with Crippen LogP contribution in [0.1, 0.15) is 22.4 Å². The zero-order valence-corrected chi connectivity index (χ0v) is 17.3. The summed E-state index contributed by atoms with van der Waals surface area (Å²) in [5, 5.41) is 0.542. The predicted octanol–water partition coefficient (Wildman–Crippen LogP) is 4.68. The molecule has 0 aliphatic carbocycles. The maximum absolute atomic E-state index is 12.8. The molecule has 1 aliphatic rings. The summed E-state index contributed by atoms with van der Waals surface area (Å²) in [5.41, 5.74) is 1.52. The van der Waals surface area contributed by atoms with Crippen molar-refractivity contribution in [1.29, 1.82) is 0 Å². The van der Waals surface area contributed by atoms with E-state index >= 15 is 0 Å². The zero-order valence-electron chi connectivity index (χ0n) is 16.6. The third-order valence-electron chi connectivity index (χ3n) is 5.30. The van der Waals surface area contributed by atoms with Crippen molar-refractivity contribution in [3.8, 4) is 17.1 Å². The normalized spacial score (nSPS) is 14.4. The summed E-state index contributed by atoms with van der Waals surface area (Å²) in [5.74, 6) is 0.842. The van der Waals surface area contributed by atoms with Gasteiger partial charge in [0.2, 0.25) is 0 Å². The van der Waals surface area contributed by atoms with Crippen LogP contribution >= 0.6 is 11.6 Å². The lowest BCUT2D eigenvalue weighted by Gasteiger charge is -2.28. The first-order valence-electron chi connectivity index (χ1n) is 9.59. The van der Waals surface area contributed by atoms with Crippen LogP contribution in [-0.4, -0.2) is 28.5 Å². The van der Waals surface area contributed by atoms with Gasteiger partial charge in [-0.15, -0.1) is 0 Å². The van der Waals surface area contributed by atoms with E-state index in [1.807, 2.05) is 12.1 Å². The lowest BCUT2D eigenvalue weighted by Crippen LogP contribution is -2.35. The molecule has 0 spiro atoms. The van der Waals surface area contributed by atoms with Gasteiger partial charge in [-0.2, -0.15) is 13.2 Å². The fourth-order valence-electron chi connectivity index (χ4n) is 3.66. The lowest BCUT2D eigenvalue weighted by atomic mass is 10.0. The molecule has 4 rings (SSSR count). The van der Waals surface area contributed by atoms with E-state index in [2.05, 4.69) is 14.9 Å². The van der Waals surface area contributed by atoms with Crippen molar-refractivity contribution >= 4 is 11.6 Å². The molecule has 0 fully saturated rings. The Morgan fingerprint density at radius 3 is 2.61 bits per heavy atom. The van der Waals surface area contributed by atoms with E-state index in [9.17, 15) is 18.0 Å². The highest BCUT2D eigenvalue weighted by Gasteiger charge is 2.30. The minimum absolute atomic E-state index is 0.249. The molecule has 1 N–H and O–H groups in total. The molecule has 1 aliphatic heterocycles. The number of halogens is 4. The number of aromatic nitrogens is 2. The highest BCUT2D eigenvalue weighted by Crippen LogP contribution is 2.31. The minimum Gasteiger partial charge on any atom is -0.495 e. The number of ether oxygens (including phenoxy) is 1. The third-order valence-corrected chi connectivity index (χ3v) is 5.72. The first-order chi connectivity index (χ1) is 14.8. The Labute approximate surface area is 181 Å². The van der Waals surface area contributed by atoms with Gasteiger partial charge in [-0.25, -0.2) is 4.98 Å². The molecule has 1 aromatic heterocycles. The summed E-state index contributed by atoms with van der Waals surface area (Å²) in [6.45, 7) is 1.64. The van der Waals surface area contributed by atoms with Crippen molar-refractivity contribution in [2.75, 3.05) is 13.7 Å². The van der Waals surface area contributed by atoms with Crippen LogP contribution in [0.3, 0.4) is 0 Å². The van der Waals surface area contributed by atoms with Crippen molar-refractivity contribution in [3.63, 3.8) is 0 Å². The summed E-state index contributed by atoms with van der Waals surface area (Å²) in [4.78, 5) is 21.9. The fraction of sp³-hybridized carbons (Fsp3) is 0.273.